The number of hydrogen-bond acceptors (Lipinski definition) is 5. The molecule has 0 radical (unpaired) electrons. The van der Waals surface area contributed by atoms with Crippen molar-refractivity contribution in [1.29, 1.82) is 0 Å². The van der Waals surface area contributed by atoms with Crippen LogP contribution in [0.2, 0.25) is 5.02 Å². The van der Waals surface area contributed by atoms with Gasteiger partial charge in [-0.3, -0.25) is 0 Å². The van der Waals surface area contributed by atoms with E-state index in [1.54, 1.807) is 12.1 Å². The summed E-state index contributed by atoms with van der Waals surface area (Å²) >= 11 is 12.7. The second-order valence-electron chi connectivity index (χ2n) is 6.15. The summed E-state index contributed by atoms with van der Waals surface area (Å²) in [6, 6.07) is 11.4. The van der Waals surface area contributed by atoms with Crippen molar-refractivity contribution in [2.24, 2.45) is 0 Å². The van der Waals surface area contributed by atoms with Gasteiger partial charge in [-0.05, 0) is 42.8 Å². The Balaban J connectivity index is 1.63. The van der Waals surface area contributed by atoms with Gasteiger partial charge in [0.15, 0.2) is 11.5 Å². The first-order valence-corrected chi connectivity index (χ1v) is 9.23. The summed E-state index contributed by atoms with van der Waals surface area (Å²) < 4.78 is 17.0. The smallest absolute Gasteiger partial charge is 0.259 e. The highest BCUT2D eigenvalue weighted by Crippen LogP contribution is 2.39. The van der Waals surface area contributed by atoms with Crippen molar-refractivity contribution in [1.82, 2.24) is 10.2 Å². The van der Waals surface area contributed by atoms with E-state index in [-0.39, 0.29) is 5.89 Å². The van der Waals surface area contributed by atoms with Gasteiger partial charge in [-0.1, -0.05) is 40.9 Å². The first-order valence-electron chi connectivity index (χ1n) is 8.47. The van der Waals surface area contributed by atoms with Gasteiger partial charge in [0.2, 0.25) is 5.89 Å². The minimum Gasteiger partial charge on any atom is -0.489 e. The molecule has 2 heterocycles. The predicted molar refractivity (Wildman–Crippen MR) is 105 cm³/mol. The van der Waals surface area contributed by atoms with Crippen LogP contribution in [0.1, 0.15) is 23.4 Å². The lowest BCUT2D eigenvalue weighted by molar-refractivity contribution is 0.297. The van der Waals surface area contributed by atoms with Crippen LogP contribution in [0.4, 0.5) is 0 Å². The number of hydrogen-bond donors (Lipinski definition) is 0. The number of aryl methyl sites for hydroxylation is 1. The number of rotatable bonds is 3. The molecule has 4 rings (SSSR count). The molecule has 1 aromatic heterocycles. The molecule has 27 heavy (non-hydrogen) atoms. The van der Waals surface area contributed by atoms with Crippen molar-refractivity contribution >= 4 is 34.3 Å². The summed E-state index contributed by atoms with van der Waals surface area (Å²) in [5, 5.41) is 8.90. The van der Waals surface area contributed by atoms with Gasteiger partial charge < -0.3 is 13.9 Å². The minimum atomic E-state index is 0.233. The molecule has 0 fully saturated rings. The number of aromatic nitrogens is 2. The zero-order valence-corrected chi connectivity index (χ0v) is 16.0. The van der Waals surface area contributed by atoms with Crippen LogP contribution in [-0.4, -0.2) is 23.4 Å². The highest BCUT2D eigenvalue weighted by atomic mass is 35.5. The van der Waals surface area contributed by atoms with Crippen LogP contribution in [0.25, 0.3) is 22.6 Å². The van der Waals surface area contributed by atoms with Crippen LogP contribution in [0, 0.1) is 6.92 Å². The zero-order chi connectivity index (χ0) is 18.8. The Bertz CT molecular complexity index is 1010. The summed E-state index contributed by atoms with van der Waals surface area (Å²) in [5.74, 6) is 1.80. The maximum atomic E-state index is 6.39. The van der Waals surface area contributed by atoms with Gasteiger partial charge in [-0.2, -0.15) is 0 Å². The van der Waals surface area contributed by atoms with Gasteiger partial charge >= 0.3 is 0 Å². The highest BCUT2D eigenvalue weighted by molar-refractivity contribution is 6.50. The second-order valence-corrected chi connectivity index (χ2v) is 6.97. The maximum absolute atomic E-state index is 6.39. The quantitative estimate of drug-likeness (QED) is 0.570. The topological polar surface area (TPSA) is 57.4 Å². The molecule has 0 saturated heterocycles. The fraction of sp³-hybridized carbons (Fsp3) is 0.200. The van der Waals surface area contributed by atoms with Crippen molar-refractivity contribution in [3.05, 3.63) is 58.4 Å². The molecule has 5 nitrogen and oxygen atoms in total. The van der Waals surface area contributed by atoms with Crippen molar-refractivity contribution < 1.29 is 13.9 Å². The molecule has 0 saturated carbocycles. The number of benzene rings is 2. The average Bonchev–Trinajstić information content (AvgIpc) is 3.02. The van der Waals surface area contributed by atoms with E-state index in [1.165, 1.54) is 0 Å². The molecule has 138 valence electrons. The van der Waals surface area contributed by atoms with E-state index in [2.05, 4.69) is 10.2 Å². The van der Waals surface area contributed by atoms with Crippen molar-refractivity contribution in [2.75, 3.05) is 13.2 Å². The largest absolute Gasteiger partial charge is 0.489 e. The van der Waals surface area contributed by atoms with E-state index in [0.29, 0.717) is 40.7 Å². The SMILES string of the molecule is Cc1cccc(-c2nnc(/C(Cl)=C/c3cc(Cl)c4c(c3)OCCCO4)o2)c1. The van der Waals surface area contributed by atoms with Crippen molar-refractivity contribution in [3.63, 3.8) is 0 Å². The first-order chi connectivity index (χ1) is 13.1. The third-order valence-electron chi connectivity index (χ3n) is 4.01. The third kappa shape index (κ3) is 3.94. The zero-order valence-electron chi connectivity index (χ0n) is 14.5. The Labute approximate surface area is 166 Å². The molecule has 0 atom stereocenters. The molecule has 7 heteroatoms. The van der Waals surface area contributed by atoms with E-state index >= 15 is 0 Å². The number of nitrogens with zero attached hydrogens (tertiary/aromatic N) is 2. The van der Waals surface area contributed by atoms with E-state index < -0.39 is 0 Å². The van der Waals surface area contributed by atoms with E-state index in [4.69, 9.17) is 37.1 Å². The number of fused-ring (bicyclic) bond motifs is 1. The lowest BCUT2D eigenvalue weighted by atomic mass is 10.1. The fourth-order valence-electron chi connectivity index (χ4n) is 2.76. The summed E-state index contributed by atoms with van der Waals surface area (Å²) in [7, 11) is 0. The molecule has 0 aliphatic carbocycles. The number of halogens is 2. The number of ether oxygens (including phenoxy) is 2. The molecule has 0 N–H and O–H groups in total. The van der Waals surface area contributed by atoms with Crippen LogP contribution in [0.5, 0.6) is 11.5 Å². The average molecular weight is 403 g/mol. The maximum Gasteiger partial charge on any atom is 0.259 e. The second kappa shape index (κ2) is 7.62. The molecular formula is C20H16Cl2N2O3. The lowest BCUT2D eigenvalue weighted by Crippen LogP contribution is -1.97. The third-order valence-corrected chi connectivity index (χ3v) is 4.56. The summed E-state index contributed by atoms with van der Waals surface area (Å²) in [6.45, 7) is 3.15. The standard InChI is InChI=1S/C20H16Cl2N2O3/c1-12-4-2-5-14(8-12)19-23-24-20(27-19)16(22)10-13-9-15(21)18-17(11-13)25-6-3-7-26-18/h2,4-5,8-11H,3,6-7H2,1H3/b16-10-. The molecule has 1 aliphatic heterocycles. The molecule has 3 aromatic rings. The van der Waals surface area contributed by atoms with Gasteiger partial charge in [-0.25, -0.2) is 0 Å². The first kappa shape index (κ1) is 17.9. The van der Waals surface area contributed by atoms with Gasteiger partial charge in [0.1, 0.15) is 5.03 Å². The van der Waals surface area contributed by atoms with E-state index in [9.17, 15) is 0 Å². The van der Waals surface area contributed by atoms with E-state index in [1.807, 2.05) is 37.3 Å². The van der Waals surface area contributed by atoms with Gasteiger partial charge in [0, 0.05) is 12.0 Å². The monoisotopic (exact) mass is 402 g/mol. The van der Waals surface area contributed by atoms with Crippen LogP contribution >= 0.6 is 23.2 Å². The Morgan fingerprint density at radius 1 is 1.11 bits per heavy atom. The van der Waals surface area contributed by atoms with E-state index in [0.717, 1.165) is 23.1 Å². The lowest BCUT2D eigenvalue weighted by Gasteiger charge is -2.10. The Hall–Kier alpha value is -2.50. The molecule has 0 unspecified atom stereocenters. The predicted octanol–water partition coefficient (Wildman–Crippen LogP) is 5.60. The van der Waals surface area contributed by atoms with Gasteiger partial charge in [0.25, 0.3) is 5.89 Å². The van der Waals surface area contributed by atoms with Crippen molar-refractivity contribution in [3.8, 4) is 23.0 Å². The molecule has 0 amide bonds. The molecule has 0 spiro atoms. The fourth-order valence-corrected chi connectivity index (χ4v) is 3.23. The van der Waals surface area contributed by atoms with Crippen LogP contribution in [0.15, 0.2) is 40.8 Å². The van der Waals surface area contributed by atoms with Crippen LogP contribution in [0.3, 0.4) is 0 Å². The summed E-state index contributed by atoms with van der Waals surface area (Å²) in [4.78, 5) is 0. The van der Waals surface area contributed by atoms with Gasteiger partial charge in [0.05, 0.1) is 18.2 Å². The molecule has 1 aliphatic rings. The summed E-state index contributed by atoms with van der Waals surface area (Å²) in [5.41, 5.74) is 2.71. The van der Waals surface area contributed by atoms with Crippen molar-refractivity contribution in [2.45, 2.75) is 13.3 Å². The molecule has 0 bridgehead atoms. The molecule has 2 aromatic carbocycles. The Morgan fingerprint density at radius 3 is 2.81 bits per heavy atom. The highest BCUT2D eigenvalue weighted by Gasteiger charge is 2.16. The Morgan fingerprint density at radius 2 is 1.96 bits per heavy atom. The van der Waals surface area contributed by atoms with Crippen LogP contribution < -0.4 is 9.47 Å². The van der Waals surface area contributed by atoms with Crippen LogP contribution in [-0.2, 0) is 0 Å². The minimum absolute atomic E-state index is 0.233. The summed E-state index contributed by atoms with van der Waals surface area (Å²) in [6.07, 6.45) is 2.51. The Kier molecular flexibility index (Phi) is 5.05. The molecular weight excluding hydrogens is 387 g/mol. The van der Waals surface area contributed by atoms with Gasteiger partial charge in [-0.15, -0.1) is 10.2 Å². The normalized spacial score (nSPS) is 14.1.